The molecule has 0 saturated carbocycles. The first-order valence-corrected chi connectivity index (χ1v) is 16.3. The minimum Gasteiger partial charge on any atom is -0.455 e. The second-order valence-electron chi connectivity index (χ2n) is 12.1. The summed E-state index contributed by atoms with van der Waals surface area (Å²) in [5.74, 6) is 0. The van der Waals surface area contributed by atoms with Crippen LogP contribution in [0.1, 0.15) is 45.7 Å². The third kappa shape index (κ3) is 4.78. The number of rotatable bonds is 4. The van der Waals surface area contributed by atoms with Crippen LogP contribution >= 0.6 is 0 Å². The highest BCUT2D eigenvalue weighted by Gasteiger charge is 2.29. The first-order chi connectivity index (χ1) is 19.7. The Bertz CT molecular complexity index is 1890. The van der Waals surface area contributed by atoms with Crippen LogP contribution in [0.25, 0.3) is 44.3 Å². The maximum absolute atomic E-state index is 9.20. The van der Waals surface area contributed by atoms with Crippen molar-refractivity contribution in [2.45, 2.75) is 60.6 Å². The first-order valence-electron chi connectivity index (χ1n) is 15.8. The van der Waals surface area contributed by atoms with Crippen LogP contribution in [0.15, 0.2) is 71.3 Å². The summed E-state index contributed by atoms with van der Waals surface area (Å²) in [4.78, 5) is 0. The van der Waals surface area contributed by atoms with Crippen molar-refractivity contribution in [1.82, 2.24) is 0 Å². The van der Waals surface area contributed by atoms with Crippen LogP contribution in [0.2, 0.25) is 19.6 Å². The second kappa shape index (κ2) is 8.99. The molecule has 0 N–H and O–H groups in total. The molecule has 5 aromatic rings. The molecule has 0 bridgehead atoms. The van der Waals surface area contributed by atoms with Crippen LogP contribution in [-0.4, -0.2) is 8.07 Å². The van der Waals surface area contributed by atoms with E-state index in [1.54, 1.807) is 20.8 Å². The highest BCUT2D eigenvalue weighted by molar-refractivity contribution is 6.89. The minimum atomic E-state index is -2.56. The van der Waals surface area contributed by atoms with Crippen LogP contribution in [0.5, 0.6) is 0 Å². The number of aryl methyl sites for hydroxylation is 3. The van der Waals surface area contributed by atoms with E-state index in [1.807, 2.05) is 44.3 Å². The molecule has 2 heterocycles. The lowest BCUT2D eigenvalue weighted by molar-refractivity contribution is -0.659. The van der Waals surface area contributed by atoms with E-state index in [0.717, 1.165) is 43.9 Å². The summed E-state index contributed by atoms with van der Waals surface area (Å²) < 4.78 is 61.0. The molecule has 2 aromatic heterocycles. The summed E-state index contributed by atoms with van der Waals surface area (Å²) in [7, 11) is -0.0831. The van der Waals surface area contributed by atoms with Gasteiger partial charge in [0.15, 0.2) is 6.20 Å². The van der Waals surface area contributed by atoms with E-state index in [9.17, 15) is 1.37 Å². The van der Waals surface area contributed by atoms with E-state index in [2.05, 4.69) is 42.5 Å². The van der Waals surface area contributed by atoms with Gasteiger partial charge >= 0.3 is 0 Å². The van der Waals surface area contributed by atoms with Gasteiger partial charge in [-0.15, -0.1) is 0 Å². The van der Waals surface area contributed by atoms with Gasteiger partial charge < -0.3 is 4.42 Å². The van der Waals surface area contributed by atoms with E-state index in [1.165, 1.54) is 12.1 Å². The Morgan fingerprint density at radius 2 is 1.73 bits per heavy atom. The van der Waals surface area contributed by atoms with Crippen LogP contribution in [-0.2, 0) is 13.4 Å². The van der Waals surface area contributed by atoms with Crippen molar-refractivity contribution >= 4 is 35.2 Å². The zero-order chi connectivity index (χ0) is 31.9. The molecule has 0 aliphatic carbocycles. The van der Waals surface area contributed by atoms with Gasteiger partial charge in [0.2, 0.25) is 5.69 Å². The normalized spacial score (nSPS) is 15.7. The van der Waals surface area contributed by atoms with E-state index in [-0.39, 0.29) is 17.2 Å². The summed E-state index contributed by atoms with van der Waals surface area (Å²) in [6, 6.07) is 17.1. The summed E-state index contributed by atoms with van der Waals surface area (Å²) in [5.41, 5.74) is 4.80. The van der Waals surface area contributed by atoms with Gasteiger partial charge in [-0.25, -0.2) is 4.57 Å². The van der Waals surface area contributed by atoms with Crippen molar-refractivity contribution in [3.8, 4) is 22.4 Å². The summed E-state index contributed by atoms with van der Waals surface area (Å²) in [6.07, 6.45) is 0.244. The molecule has 190 valence electrons. The van der Waals surface area contributed by atoms with E-state index < -0.39 is 26.7 Å². The van der Waals surface area contributed by atoms with Crippen LogP contribution in [0.3, 0.4) is 0 Å². The zero-order valence-corrected chi connectivity index (χ0v) is 24.1. The molecule has 0 saturated heterocycles. The number of para-hydroxylation sites is 1. The molecule has 0 aliphatic rings. The first kappa shape index (κ1) is 19.0. The Morgan fingerprint density at radius 1 is 0.973 bits per heavy atom. The molecule has 3 aromatic carbocycles. The van der Waals surface area contributed by atoms with Crippen LogP contribution in [0.4, 0.5) is 0 Å². The average molecular weight is 513 g/mol. The number of aromatic nitrogens is 1. The molecular weight excluding hydrogens is 466 g/mol. The molecule has 0 amide bonds. The minimum absolute atomic E-state index is 0.00101. The number of nitrogens with zero attached hydrogens (tertiary/aromatic N) is 1. The van der Waals surface area contributed by atoms with Gasteiger partial charge in [-0.05, 0) is 59.4 Å². The van der Waals surface area contributed by atoms with Crippen molar-refractivity contribution in [3.05, 3.63) is 83.5 Å². The molecular formula is C34H40NOSi+. The highest BCUT2D eigenvalue weighted by Crippen LogP contribution is 2.38. The Morgan fingerprint density at radius 3 is 2.43 bits per heavy atom. The van der Waals surface area contributed by atoms with E-state index in [4.69, 9.17) is 11.3 Å². The monoisotopic (exact) mass is 512 g/mol. The van der Waals surface area contributed by atoms with Crippen LogP contribution < -0.4 is 9.75 Å². The fourth-order valence-electron chi connectivity index (χ4n) is 5.13. The molecule has 0 unspecified atom stereocenters. The average Bonchev–Trinajstić information content (AvgIpc) is 3.25. The van der Waals surface area contributed by atoms with Crippen molar-refractivity contribution in [2.75, 3.05) is 0 Å². The molecule has 0 fully saturated rings. The molecule has 0 spiro atoms. The Labute approximate surface area is 231 Å². The van der Waals surface area contributed by atoms with Crippen molar-refractivity contribution in [1.29, 1.82) is 0 Å². The summed E-state index contributed by atoms with van der Waals surface area (Å²) in [5, 5.41) is 3.06. The van der Waals surface area contributed by atoms with Crippen molar-refractivity contribution < 1.29 is 17.2 Å². The Kier molecular flexibility index (Phi) is 4.61. The third-order valence-electron chi connectivity index (χ3n) is 6.82. The van der Waals surface area contributed by atoms with Gasteiger partial charge in [0.25, 0.3) is 0 Å². The Hall–Kier alpha value is -3.17. The number of pyridine rings is 1. The fraction of sp³-hybridized carbons (Fsp3) is 0.324. The fourth-order valence-corrected chi connectivity index (χ4v) is 6.72. The van der Waals surface area contributed by atoms with Crippen molar-refractivity contribution in [2.24, 2.45) is 12.5 Å². The number of furan rings is 1. The largest absolute Gasteiger partial charge is 0.455 e. The third-order valence-corrected chi connectivity index (χ3v) is 8.84. The smallest absolute Gasteiger partial charge is 0.216 e. The lowest BCUT2D eigenvalue weighted by Gasteiger charge is -2.23. The SMILES string of the molecule is [2H]c1cc(C([2H])([2H])C(C)(C)C)cc(C([2H])([2H])[2H])c1-c1cc(-c2c(C)ccc3c2oc2ccccc23)[n+](C)cc1[Si](C)(C)C. The maximum atomic E-state index is 9.20. The van der Waals surface area contributed by atoms with Gasteiger partial charge in [-0.1, -0.05) is 88.9 Å². The Balaban J connectivity index is 1.90. The van der Waals surface area contributed by atoms with Gasteiger partial charge in [0, 0.05) is 28.9 Å². The molecule has 2 nitrogen and oxygen atoms in total. The number of hydrogen-bond acceptors (Lipinski definition) is 1. The summed E-state index contributed by atoms with van der Waals surface area (Å²) >= 11 is 0. The quantitative estimate of drug-likeness (QED) is 0.174. The predicted molar refractivity (Wildman–Crippen MR) is 161 cm³/mol. The predicted octanol–water partition coefficient (Wildman–Crippen LogP) is 8.50. The lowest BCUT2D eigenvalue weighted by atomic mass is 9.86. The maximum Gasteiger partial charge on any atom is 0.216 e. The van der Waals surface area contributed by atoms with Gasteiger partial charge in [0.05, 0.1) is 15.0 Å². The molecule has 0 atom stereocenters. The number of benzene rings is 3. The van der Waals surface area contributed by atoms with E-state index in [0.29, 0.717) is 11.1 Å². The topological polar surface area (TPSA) is 17.0 Å². The highest BCUT2D eigenvalue weighted by atomic mass is 28.3. The molecule has 0 radical (unpaired) electrons. The van der Waals surface area contributed by atoms with Gasteiger partial charge in [-0.2, -0.15) is 0 Å². The van der Waals surface area contributed by atoms with Crippen LogP contribution in [0, 0.1) is 19.2 Å². The van der Waals surface area contributed by atoms with Gasteiger partial charge in [-0.3, -0.25) is 0 Å². The van der Waals surface area contributed by atoms with Gasteiger partial charge in [0.1, 0.15) is 18.2 Å². The molecule has 3 heteroatoms. The molecule has 5 rings (SSSR count). The summed E-state index contributed by atoms with van der Waals surface area (Å²) in [6.45, 7) is 11.5. The zero-order valence-electron chi connectivity index (χ0n) is 29.1. The number of hydrogen-bond donors (Lipinski definition) is 0. The lowest BCUT2D eigenvalue weighted by Crippen LogP contribution is -2.46. The number of fused-ring (bicyclic) bond motifs is 3. The molecule has 0 aliphatic heterocycles. The van der Waals surface area contributed by atoms with E-state index >= 15 is 0 Å². The second-order valence-corrected chi connectivity index (χ2v) is 17.2. The molecule has 37 heavy (non-hydrogen) atoms. The van der Waals surface area contributed by atoms with Crippen molar-refractivity contribution in [3.63, 3.8) is 0 Å². The standard InChI is InChI=1S/C34H40NOSi/c1-22-14-16-27-26-12-10-11-13-30(26)36-33(27)32(22)29-19-28(31(21-35(29)6)37(7,8)9)25-17-15-24(18-23(25)2)20-34(3,4)5/h10-19,21H,20H2,1-9H3/q+1/i2D3,17D,20D2.